The van der Waals surface area contributed by atoms with Crippen LogP contribution in [0.1, 0.15) is 12.8 Å². The molecule has 2 bridgehead atoms. The second kappa shape index (κ2) is 2.49. The zero-order chi connectivity index (χ0) is 8.77. The smallest absolute Gasteiger partial charge is 0.311 e. The molecule has 2 nitrogen and oxygen atoms in total. The largest absolute Gasteiger partial charge is 0.481 e. The molecule has 0 amide bonds. The van der Waals surface area contributed by atoms with Gasteiger partial charge in [-0.2, -0.15) is 0 Å². The maximum absolute atomic E-state index is 11.0. The van der Waals surface area contributed by atoms with Gasteiger partial charge in [0.05, 0.1) is 5.41 Å². The van der Waals surface area contributed by atoms with Gasteiger partial charge in [0.2, 0.25) is 0 Å². The molecule has 12 heavy (non-hydrogen) atoms. The summed E-state index contributed by atoms with van der Waals surface area (Å²) in [5, 5.41) is 9.07. The molecule has 0 aromatic heterocycles. The molecule has 0 aromatic carbocycles. The van der Waals surface area contributed by atoms with Crippen LogP contribution >= 0.6 is 11.6 Å². The van der Waals surface area contributed by atoms with Crippen molar-refractivity contribution in [2.75, 3.05) is 5.88 Å². The van der Waals surface area contributed by atoms with Crippen molar-refractivity contribution in [3.05, 3.63) is 12.2 Å². The fourth-order valence-electron chi connectivity index (χ4n) is 2.41. The molecular formula is C9H11ClO2. The van der Waals surface area contributed by atoms with Gasteiger partial charge in [0.1, 0.15) is 0 Å². The van der Waals surface area contributed by atoms with Gasteiger partial charge in [0.25, 0.3) is 0 Å². The molecule has 1 N–H and O–H groups in total. The number of fused-ring (bicyclic) bond motifs is 2. The van der Waals surface area contributed by atoms with Crippen LogP contribution in [0.15, 0.2) is 12.2 Å². The Labute approximate surface area is 76.2 Å². The number of carbonyl (C=O) groups is 1. The number of hydrogen-bond acceptors (Lipinski definition) is 1. The van der Waals surface area contributed by atoms with Crippen molar-refractivity contribution < 1.29 is 9.90 Å². The molecule has 66 valence electrons. The highest BCUT2D eigenvalue weighted by Crippen LogP contribution is 2.52. The fraction of sp³-hybridized carbons (Fsp3) is 0.667. The number of carboxylic acid groups (broad SMARTS) is 1. The highest BCUT2D eigenvalue weighted by atomic mass is 35.5. The van der Waals surface area contributed by atoms with Crippen LogP contribution < -0.4 is 0 Å². The Morgan fingerprint density at radius 1 is 1.67 bits per heavy atom. The Balaban J connectivity index is 2.31. The average Bonchev–Trinajstić information content (AvgIpc) is 2.62. The van der Waals surface area contributed by atoms with Crippen LogP contribution in [0, 0.1) is 17.3 Å². The van der Waals surface area contributed by atoms with Crippen LogP contribution in [-0.4, -0.2) is 17.0 Å². The summed E-state index contributed by atoms with van der Waals surface area (Å²) in [7, 11) is 0. The van der Waals surface area contributed by atoms with E-state index >= 15 is 0 Å². The predicted octanol–water partition coefficient (Wildman–Crippen LogP) is 1.89. The van der Waals surface area contributed by atoms with Gasteiger partial charge in [-0.3, -0.25) is 4.79 Å². The van der Waals surface area contributed by atoms with Crippen molar-refractivity contribution in [2.24, 2.45) is 17.3 Å². The van der Waals surface area contributed by atoms with Crippen molar-refractivity contribution in [3.8, 4) is 0 Å². The zero-order valence-electron chi connectivity index (χ0n) is 6.66. The van der Waals surface area contributed by atoms with E-state index in [1.54, 1.807) is 0 Å². The van der Waals surface area contributed by atoms with Crippen molar-refractivity contribution in [3.63, 3.8) is 0 Å². The highest BCUT2D eigenvalue weighted by molar-refractivity contribution is 6.19. The van der Waals surface area contributed by atoms with Gasteiger partial charge >= 0.3 is 5.97 Å². The Bertz CT molecular complexity index is 249. The average molecular weight is 187 g/mol. The second-order valence-corrected chi connectivity index (χ2v) is 4.05. The summed E-state index contributed by atoms with van der Waals surface area (Å²) in [6.07, 6.45) is 5.86. The van der Waals surface area contributed by atoms with E-state index in [1.165, 1.54) is 0 Å². The quantitative estimate of drug-likeness (QED) is 0.528. The summed E-state index contributed by atoms with van der Waals surface area (Å²) in [5.41, 5.74) is -0.652. The first-order valence-corrected chi connectivity index (χ1v) is 4.70. The summed E-state index contributed by atoms with van der Waals surface area (Å²) < 4.78 is 0. The van der Waals surface area contributed by atoms with E-state index in [0.717, 1.165) is 12.8 Å². The lowest BCUT2D eigenvalue weighted by atomic mass is 9.77. The molecule has 3 heteroatoms. The van der Waals surface area contributed by atoms with Gasteiger partial charge in [-0.15, -0.1) is 11.6 Å². The van der Waals surface area contributed by atoms with Crippen molar-refractivity contribution in [1.82, 2.24) is 0 Å². The van der Waals surface area contributed by atoms with Gasteiger partial charge in [0, 0.05) is 5.88 Å². The van der Waals surface area contributed by atoms with E-state index in [2.05, 4.69) is 6.08 Å². The lowest BCUT2D eigenvalue weighted by Crippen LogP contribution is -2.36. The van der Waals surface area contributed by atoms with E-state index in [0.29, 0.717) is 5.92 Å². The molecule has 2 aliphatic rings. The van der Waals surface area contributed by atoms with E-state index in [1.807, 2.05) is 6.08 Å². The number of rotatable bonds is 2. The maximum Gasteiger partial charge on any atom is 0.311 e. The molecule has 3 atom stereocenters. The van der Waals surface area contributed by atoms with Gasteiger partial charge in [-0.05, 0) is 24.7 Å². The number of halogens is 1. The van der Waals surface area contributed by atoms with Crippen LogP contribution in [0.5, 0.6) is 0 Å². The molecule has 0 heterocycles. The summed E-state index contributed by atoms with van der Waals surface area (Å²) >= 11 is 5.74. The van der Waals surface area contributed by atoms with Crippen LogP contribution in [-0.2, 0) is 4.79 Å². The third-order valence-electron chi connectivity index (χ3n) is 3.17. The maximum atomic E-state index is 11.0. The Kier molecular flexibility index (Phi) is 1.69. The summed E-state index contributed by atoms with van der Waals surface area (Å²) in [6.45, 7) is 0. The number of carboxylic acids is 1. The van der Waals surface area contributed by atoms with Crippen molar-refractivity contribution in [1.29, 1.82) is 0 Å². The Hall–Kier alpha value is -0.500. The molecule has 1 fully saturated rings. The molecular weight excluding hydrogens is 176 g/mol. The van der Waals surface area contributed by atoms with Crippen molar-refractivity contribution >= 4 is 17.6 Å². The highest BCUT2D eigenvalue weighted by Gasteiger charge is 2.53. The molecule has 1 saturated carbocycles. The SMILES string of the molecule is O=C(O)C1(CCl)CC2C=CC1C2. The number of allylic oxidation sites excluding steroid dienone is 2. The van der Waals surface area contributed by atoms with Crippen LogP contribution in [0.3, 0.4) is 0 Å². The third kappa shape index (κ3) is 0.845. The number of hydrogen-bond donors (Lipinski definition) is 1. The van der Waals surface area contributed by atoms with Crippen LogP contribution in [0.25, 0.3) is 0 Å². The minimum Gasteiger partial charge on any atom is -0.481 e. The van der Waals surface area contributed by atoms with E-state index < -0.39 is 11.4 Å². The summed E-state index contributed by atoms with van der Waals surface area (Å²) in [5.74, 6) is 0.158. The van der Waals surface area contributed by atoms with Gasteiger partial charge in [-0.25, -0.2) is 0 Å². The normalized spacial score (nSPS) is 43.8. The molecule has 0 spiro atoms. The molecule has 0 saturated heterocycles. The minimum atomic E-state index is -0.727. The first-order chi connectivity index (χ1) is 5.69. The van der Waals surface area contributed by atoms with E-state index in [9.17, 15) is 4.79 Å². The monoisotopic (exact) mass is 186 g/mol. The minimum absolute atomic E-state index is 0.178. The zero-order valence-corrected chi connectivity index (χ0v) is 7.42. The van der Waals surface area contributed by atoms with Gasteiger partial charge < -0.3 is 5.11 Å². The van der Waals surface area contributed by atoms with Crippen molar-refractivity contribution in [2.45, 2.75) is 12.8 Å². The molecule has 0 aromatic rings. The van der Waals surface area contributed by atoms with Crippen LogP contribution in [0.4, 0.5) is 0 Å². The van der Waals surface area contributed by atoms with E-state index in [-0.39, 0.29) is 11.8 Å². The van der Waals surface area contributed by atoms with Gasteiger partial charge in [0.15, 0.2) is 0 Å². The Morgan fingerprint density at radius 2 is 2.42 bits per heavy atom. The third-order valence-corrected chi connectivity index (χ3v) is 3.65. The standard InChI is InChI=1S/C9H11ClO2/c10-5-9(8(11)12)4-6-1-2-7(9)3-6/h1-2,6-7H,3-5H2,(H,11,12). The number of alkyl halides is 1. The lowest BCUT2D eigenvalue weighted by Gasteiger charge is -2.28. The molecule has 2 aliphatic carbocycles. The first-order valence-electron chi connectivity index (χ1n) is 4.17. The predicted molar refractivity (Wildman–Crippen MR) is 46.1 cm³/mol. The molecule has 3 unspecified atom stereocenters. The Morgan fingerprint density at radius 3 is 2.67 bits per heavy atom. The second-order valence-electron chi connectivity index (χ2n) is 3.79. The summed E-state index contributed by atoms with van der Waals surface area (Å²) in [6, 6.07) is 0. The molecule has 2 rings (SSSR count). The summed E-state index contributed by atoms with van der Waals surface area (Å²) in [4.78, 5) is 11.0. The topological polar surface area (TPSA) is 37.3 Å². The van der Waals surface area contributed by atoms with Gasteiger partial charge in [-0.1, -0.05) is 12.2 Å². The fourth-order valence-corrected chi connectivity index (χ4v) is 2.83. The molecule has 0 aliphatic heterocycles. The first kappa shape index (κ1) is 8.11. The van der Waals surface area contributed by atoms with E-state index in [4.69, 9.17) is 16.7 Å². The molecule has 0 radical (unpaired) electrons. The lowest BCUT2D eigenvalue weighted by molar-refractivity contribution is -0.149. The number of aliphatic carboxylic acids is 1. The van der Waals surface area contributed by atoms with Crippen LogP contribution in [0.2, 0.25) is 0 Å².